The summed E-state index contributed by atoms with van der Waals surface area (Å²) in [5, 5.41) is 0. The monoisotopic (exact) mass is 300 g/mol. The molecule has 2 atom stereocenters. The molecule has 2 aromatic rings. The lowest BCUT2D eigenvalue weighted by Crippen LogP contribution is -2.48. The van der Waals surface area contributed by atoms with Crippen molar-refractivity contribution in [3.05, 3.63) is 41.8 Å². The minimum absolute atomic E-state index is 0.0356. The van der Waals surface area contributed by atoms with Gasteiger partial charge in [-0.25, -0.2) is 4.98 Å². The highest BCUT2D eigenvalue weighted by atomic mass is 16.5. The Labute approximate surface area is 129 Å². The molecule has 0 spiro atoms. The van der Waals surface area contributed by atoms with E-state index in [1.165, 1.54) is 0 Å². The Balaban J connectivity index is 1.86. The quantitative estimate of drug-likeness (QED) is 0.855. The highest BCUT2D eigenvalue weighted by Crippen LogP contribution is 2.23. The fourth-order valence-electron chi connectivity index (χ4n) is 2.79. The number of amides is 1. The second-order valence-corrected chi connectivity index (χ2v) is 5.76. The number of nitrogens with zero attached hydrogens (tertiary/aromatic N) is 2. The Morgan fingerprint density at radius 3 is 2.45 bits per heavy atom. The van der Waals surface area contributed by atoms with Crippen LogP contribution in [-0.4, -0.2) is 41.1 Å². The van der Waals surface area contributed by atoms with E-state index in [-0.39, 0.29) is 18.1 Å². The van der Waals surface area contributed by atoms with E-state index >= 15 is 0 Å². The van der Waals surface area contributed by atoms with E-state index in [1.54, 1.807) is 11.8 Å². The van der Waals surface area contributed by atoms with Crippen LogP contribution < -0.4 is 0 Å². The summed E-state index contributed by atoms with van der Waals surface area (Å²) in [6.07, 6.45) is 0.0713. The number of benzene rings is 1. The minimum atomic E-state index is -0.0922. The molecule has 0 bridgehead atoms. The molecule has 1 amide bonds. The summed E-state index contributed by atoms with van der Waals surface area (Å²) in [4.78, 5) is 18.9. The highest BCUT2D eigenvalue weighted by Gasteiger charge is 2.29. The first-order valence-corrected chi connectivity index (χ1v) is 7.52. The molecule has 0 saturated carbocycles. The molecule has 5 nitrogen and oxygen atoms in total. The number of carbonyl (C=O) groups excluding carboxylic acids is 1. The number of aryl methyl sites for hydroxylation is 1. The van der Waals surface area contributed by atoms with Crippen molar-refractivity contribution >= 4 is 5.91 Å². The van der Waals surface area contributed by atoms with Gasteiger partial charge in [0.05, 0.1) is 12.2 Å². The van der Waals surface area contributed by atoms with Crippen LogP contribution >= 0.6 is 0 Å². The van der Waals surface area contributed by atoms with Crippen LogP contribution in [0.1, 0.15) is 30.1 Å². The van der Waals surface area contributed by atoms with E-state index in [0.29, 0.717) is 30.4 Å². The summed E-state index contributed by atoms with van der Waals surface area (Å²) in [6, 6.07) is 9.60. The third-order valence-electron chi connectivity index (χ3n) is 3.73. The van der Waals surface area contributed by atoms with Crippen molar-refractivity contribution < 1.29 is 13.9 Å². The maximum atomic E-state index is 12.7. The number of morpholine rings is 1. The van der Waals surface area contributed by atoms with Crippen molar-refractivity contribution in [3.63, 3.8) is 0 Å². The van der Waals surface area contributed by atoms with Crippen LogP contribution in [0.5, 0.6) is 0 Å². The molecule has 0 aliphatic carbocycles. The Morgan fingerprint density at radius 1 is 1.18 bits per heavy atom. The van der Waals surface area contributed by atoms with Gasteiger partial charge in [-0.15, -0.1) is 0 Å². The summed E-state index contributed by atoms with van der Waals surface area (Å²) in [5.41, 5.74) is 1.26. The van der Waals surface area contributed by atoms with Crippen molar-refractivity contribution in [1.29, 1.82) is 0 Å². The number of oxazole rings is 1. The van der Waals surface area contributed by atoms with Gasteiger partial charge >= 0.3 is 0 Å². The molecular formula is C17H20N2O3. The van der Waals surface area contributed by atoms with E-state index in [0.717, 1.165) is 5.56 Å². The van der Waals surface area contributed by atoms with Gasteiger partial charge < -0.3 is 14.1 Å². The van der Waals surface area contributed by atoms with Crippen LogP contribution in [0.25, 0.3) is 11.5 Å². The van der Waals surface area contributed by atoms with E-state index in [1.807, 2.05) is 44.2 Å². The molecule has 3 rings (SSSR count). The van der Waals surface area contributed by atoms with Gasteiger partial charge in [0.1, 0.15) is 5.76 Å². The molecule has 1 saturated heterocycles. The van der Waals surface area contributed by atoms with Crippen LogP contribution in [0.3, 0.4) is 0 Å². The van der Waals surface area contributed by atoms with Crippen LogP contribution in [-0.2, 0) is 4.74 Å². The zero-order valence-electron chi connectivity index (χ0n) is 13.1. The van der Waals surface area contributed by atoms with E-state index in [9.17, 15) is 4.79 Å². The molecule has 2 unspecified atom stereocenters. The van der Waals surface area contributed by atoms with Gasteiger partial charge in [-0.1, -0.05) is 18.2 Å². The molecule has 1 fully saturated rings. The van der Waals surface area contributed by atoms with Crippen molar-refractivity contribution in [2.45, 2.75) is 33.0 Å². The van der Waals surface area contributed by atoms with Crippen molar-refractivity contribution in [2.24, 2.45) is 0 Å². The first kappa shape index (κ1) is 14.8. The Bertz CT molecular complexity index is 656. The molecule has 1 aromatic carbocycles. The Morgan fingerprint density at radius 2 is 1.82 bits per heavy atom. The van der Waals surface area contributed by atoms with Gasteiger partial charge in [0.25, 0.3) is 5.91 Å². The van der Waals surface area contributed by atoms with Crippen molar-refractivity contribution in [2.75, 3.05) is 13.1 Å². The fraction of sp³-hybridized carbons (Fsp3) is 0.412. The molecule has 1 aliphatic heterocycles. The largest absolute Gasteiger partial charge is 0.441 e. The zero-order valence-corrected chi connectivity index (χ0v) is 13.1. The lowest BCUT2D eigenvalue weighted by Gasteiger charge is -2.34. The third-order valence-corrected chi connectivity index (χ3v) is 3.73. The topological polar surface area (TPSA) is 55.6 Å². The predicted octanol–water partition coefficient (Wildman–Crippen LogP) is 2.90. The average molecular weight is 300 g/mol. The summed E-state index contributed by atoms with van der Waals surface area (Å²) in [6.45, 7) is 6.88. The molecule has 0 radical (unpaired) electrons. The number of rotatable bonds is 2. The SMILES string of the molecule is Cc1oc(-c2ccccc2)nc1C(=O)N1CC(C)OC(C)C1. The van der Waals surface area contributed by atoms with E-state index in [4.69, 9.17) is 9.15 Å². The maximum absolute atomic E-state index is 12.7. The summed E-state index contributed by atoms with van der Waals surface area (Å²) in [7, 11) is 0. The lowest BCUT2D eigenvalue weighted by atomic mass is 10.2. The smallest absolute Gasteiger partial charge is 0.276 e. The van der Waals surface area contributed by atoms with Gasteiger partial charge in [0, 0.05) is 18.7 Å². The molecule has 1 aromatic heterocycles. The molecular weight excluding hydrogens is 280 g/mol. The van der Waals surface area contributed by atoms with Gasteiger partial charge in [-0.2, -0.15) is 0 Å². The molecule has 5 heteroatoms. The van der Waals surface area contributed by atoms with E-state index < -0.39 is 0 Å². The zero-order chi connectivity index (χ0) is 15.7. The molecule has 0 N–H and O–H groups in total. The van der Waals surface area contributed by atoms with Crippen molar-refractivity contribution in [1.82, 2.24) is 9.88 Å². The minimum Gasteiger partial charge on any atom is -0.441 e. The third kappa shape index (κ3) is 2.90. The highest BCUT2D eigenvalue weighted by molar-refractivity contribution is 5.93. The molecule has 2 heterocycles. The molecule has 22 heavy (non-hydrogen) atoms. The average Bonchev–Trinajstić information content (AvgIpc) is 2.88. The Kier molecular flexibility index (Phi) is 3.98. The lowest BCUT2D eigenvalue weighted by molar-refractivity contribution is -0.0587. The van der Waals surface area contributed by atoms with Gasteiger partial charge in [-0.05, 0) is 32.9 Å². The molecule has 116 valence electrons. The standard InChI is InChI=1S/C17H20N2O3/c1-11-9-19(10-12(2)21-11)17(20)15-13(3)22-16(18-15)14-7-5-4-6-8-14/h4-8,11-12H,9-10H2,1-3H3. The first-order valence-electron chi connectivity index (χ1n) is 7.52. The van der Waals surface area contributed by atoms with Crippen molar-refractivity contribution in [3.8, 4) is 11.5 Å². The second kappa shape index (κ2) is 5.93. The Hall–Kier alpha value is -2.14. The summed E-state index contributed by atoms with van der Waals surface area (Å²) < 4.78 is 11.3. The number of aromatic nitrogens is 1. The van der Waals surface area contributed by atoms with Crippen LogP contribution in [0, 0.1) is 6.92 Å². The van der Waals surface area contributed by atoms with Gasteiger partial charge in [-0.3, -0.25) is 4.79 Å². The normalized spacial score (nSPS) is 21.9. The fourth-order valence-corrected chi connectivity index (χ4v) is 2.79. The van der Waals surface area contributed by atoms with Gasteiger partial charge in [0.2, 0.25) is 5.89 Å². The van der Waals surface area contributed by atoms with Crippen LogP contribution in [0.2, 0.25) is 0 Å². The number of ether oxygens (including phenoxy) is 1. The van der Waals surface area contributed by atoms with Crippen LogP contribution in [0.15, 0.2) is 34.7 Å². The second-order valence-electron chi connectivity index (χ2n) is 5.76. The van der Waals surface area contributed by atoms with Gasteiger partial charge in [0.15, 0.2) is 5.69 Å². The maximum Gasteiger partial charge on any atom is 0.276 e. The first-order chi connectivity index (χ1) is 10.5. The summed E-state index contributed by atoms with van der Waals surface area (Å²) >= 11 is 0. The number of hydrogen-bond acceptors (Lipinski definition) is 4. The van der Waals surface area contributed by atoms with E-state index in [2.05, 4.69) is 4.98 Å². The summed E-state index contributed by atoms with van der Waals surface area (Å²) in [5.74, 6) is 0.942. The predicted molar refractivity (Wildman–Crippen MR) is 82.6 cm³/mol. The number of carbonyl (C=O) groups is 1. The number of hydrogen-bond donors (Lipinski definition) is 0. The molecule has 1 aliphatic rings. The van der Waals surface area contributed by atoms with Crippen LogP contribution in [0.4, 0.5) is 0 Å².